The first-order valence-corrected chi connectivity index (χ1v) is 5.42. The molecule has 0 amide bonds. The molecule has 0 aliphatic rings. The van der Waals surface area contributed by atoms with Gasteiger partial charge >= 0.3 is 0 Å². The first-order chi connectivity index (χ1) is 7.49. The highest BCUT2D eigenvalue weighted by molar-refractivity contribution is 6.31. The number of halogens is 2. The number of rotatable bonds is 1. The molecule has 0 unspecified atom stereocenters. The molecule has 0 atom stereocenters. The summed E-state index contributed by atoms with van der Waals surface area (Å²) in [4.78, 5) is 4.18. The molecule has 0 saturated heterocycles. The third-order valence-electron chi connectivity index (χ3n) is 2.54. The third kappa shape index (κ3) is 1.83. The Morgan fingerprint density at radius 2 is 2.00 bits per heavy atom. The Morgan fingerprint density at radius 3 is 2.62 bits per heavy atom. The lowest BCUT2D eigenvalue weighted by Gasteiger charge is -2.10. The van der Waals surface area contributed by atoms with E-state index in [1.807, 2.05) is 19.9 Å². The van der Waals surface area contributed by atoms with E-state index < -0.39 is 5.82 Å². The minimum Gasteiger partial charge on any atom is -0.383 e. The summed E-state index contributed by atoms with van der Waals surface area (Å²) in [7, 11) is 0. The maximum atomic E-state index is 13.2. The first kappa shape index (κ1) is 11.1. The second-order valence-electron chi connectivity index (χ2n) is 4.08. The number of benzene rings is 1. The lowest BCUT2D eigenvalue weighted by molar-refractivity contribution is 0.630. The number of hydrogen-bond acceptors (Lipinski definition) is 2. The molecule has 2 rings (SSSR count). The van der Waals surface area contributed by atoms with Crippen LogP contribution in [-0.2, 0) is 0 Å². The summed E-state index contributed by atoms with van der Waals surface area (Å²) in [6, 6.07) is 4.79. The van der Waals surface area contributed by atoms with E-state index in [9.17, 15) is 4.39 Å². The Labute approximate surface area is 98.2 Å². The summed E-state index contributed by atoms with van der Waals surface area (Å²) in [6.45, 7) is 4.06. The number of hydrogen-bond donors (Lipinski definition) is 1. The van der Waals surface area contributed by atoms with Gasteiger partial charge in [0.2, 0.25) is 0 Å². The average Bonchev–Trinajstić information content (AvgIpc) is 2.19. The van der Waals surface area contributed by atoms with Gasteiger partial charge in [0, 0.05) is 11.5 Å². The predicted octanol–water partition coefficient (Wildman–Crippen LogP) is 3.73. The quantitative estimate of drug-likeness (QED) is 0.822. The molecule has 0 spiro atoms. The maximum Gasteiger partial charge on any atom is 0.143 e. The van der Waals surface area contributed by atoms with Gasteiger partial charge in [-0.1, -0.05) is 25.4 Å². The van der Waals surface area contributed by atoms with E-state index in [-0.39, 0.29) is 10.9 Å². The van der Waals surface area contributed by atoms with Gasteiger partial charge in [0.1, 0.15) is 11.6 Å². The van der Waals surface area contributed by atoms with Crippen LogP contribution in [0.5, 0.6) is 0 Å². The molecule has 84 valence electrons. The molecular weight excluding hydrogens is 227 g/mol. The van der Waals surface area contributed by atoms with Crippen molar-refractivity contribution in [2.24, 2.45) is 0 Å². The van der Waals surface area contributed by atoms with Gasteiger partial charge in [-0.05, 0) is 23.6 Å². The van der Waals surface area contributed by atoms with Crippen molar-refractivity contribution in [3.63, 3.8) is 0 Å². The fourth-order valence-corrected chi connectivity index (χ4v) is 1.83. The SMILES string of the molecule is CC(C)c1cc2cc(Cl)c(F)cc2nc1N. The zero-order chi connectivity index (χ0) is 11.9. The van der Waals surface area contributed by atoms with Crippen molar-refractivity contribution >= 4 is 28.3 Å². The second-order valence-corrected chi connectivity index (χ2v) is 4.48. The van der Waals surface area contributed by atoms with E-state index in [4.69, 9.17) is 17.3 Å². The molecule has 0 bridgehead atoms. The monoisotopic (exact) mass is 238 g/mol. The van der Waals surface area contributed by atoms with Gasteiger partial charge in [0.05, 0.1) is 10.5 Å². The number of anilines is 1. The lowest BCUT2D eigenvalue weighted by atomic mass is 10.0. The minimum atomic E-state index is -0.474. The third-order valence-corrected chi connectivity index (χ3v) is 2.83. The van der Waals surface area contributed by atoms with Crippen LogP contribution < -0.4 is 5.73 Å². The molecule has 0 fully saturated rings. The zero-order valence-corrected chi connectivity index (χ0v) is 9.85. The molecule has 0 aliphatic carbocycles. The standard InChI is InChI=1S/C12H12ClFN2/c1-6(2)8-3-7-4-9(13)10(14)5-11(7)16-12(8)15/h3-6H,1-2H3,(H2,15,16). The van der Waals surface area contributed by atoms with E-state index >= 15 is 0 Å². The summed E-state index contributed by atoms with van der Waals surface area (Å²) in [6.07, 6.45) is 0. The molecule has 0 aliphatic heterocycles. The van der Waals surface area contributed by atoms with Crippen molar-refractivity contribution in [3.8, 4) is 0 Å². The van der Waals surface area contributed by atoms with E-state index in [0.29, 0.717) is 11.3 Å². The van der Waals surface area contributed by atoms with Crippen LogP contribution in [0, 0.1) is 5.82 Å². The van der Waals surface area contributed by atoms with Crippen molar-refractivity contribution in [1.82, 2.24) is 4.98 Å². The van der Waals surface area contributed by atoms with Gasteiger partial charge in [-0.15, -0.1) is 0 Å². The topological polar surface area (TPSA) is 38.9 Å². The minimum absolute atomic E-state index is 0.105. The van der Waals surface area contributed by atoms with Gasteiger partial charge in [-0.2, -0.15) is 0 Å². The van der Waals surface area contributed by atoms with Crippen molar-refractivity contribution in [1.29, 1.82) is 0 Å². The fourth-order valence-electron chi connectivity index (χ4n) is 1.66. The van der Waals surface area contributed by atoms with Crippen LogP contribution in [-0.4, -0.2) is 4.98 Å². The lowest BCUT2D eigenvalue weighted by Crippen LogP contribution is -2.00. The molecule has 0 saturated carbocycles. The van der Waals surface area contributed by atoms with Crippen molar-refractivity contribution < 1.29 is 4.39 Å². The van der Waals surface area contributed by atoms with Crippen LogP contribution in [0.4, 0.5) is 10.2 Å². The van der Waals surface area contributed by atoms with Crippen LogP contribution in [0.2, 0.25) is 5.02 Å². The van der Waals surface area contributed by atoms with Gasteiger partial charge in [-0.25, -0.2) is 9.37 Å². The van der Waals surface area contributed by atoms with E-state index in [1.165, 1.54) is 6.07 Å². The Bertz CT molecular complexity index is 552. The highest BCUT2D eigenvalue weighted by atomic mass is 35.5. The molecular formula is C12H12ClFN2. The molecule has 2 aromatic rings. The summed E-state index contributed by atoms with van der Waals surface area (Å²) in [5, 5.41) is 0.915. The maximum absolute atomic E-state index is 13.2. The van der Waals surface area contributed by atoms with Crippen LogP contribution in [0.25, 0.3) is 10.9 Å². The highest BCUT2D eigenvalue weighted by Gasteiger charge is 2.09. The predicted molar refractivity (Wildman–Crippen MR) is 65.2 cm³/mol. The number of fused-ring (bicyclic) bond motifs is 1. The number of aromatic nitrogens is 1. The molecule has 1 aromatic heterocycles. The first-order valence-electron chi connectivity index (χ1n) is 5.04. The number of nitrogens with zero attached hydrogens (tertiary/aromatic N) is 1. The Morgan fingerprint density at radius 1 is 1.31 bits per heavy atom. The normalized spacial score (nSPS) is 11.3. The molecule has 1 heterocycles. The Balaban J connectivity index is 2.74. The number of pyridine rings is 1. The fraction of sp³-hybridized carbons (Fsp3) is 0.250. The smallest absolute Gasteiger partial charge is 0.143 e. The summed E-state index contributed by atoms with van der Waals surface area (Å²) in [5.74, 6) is 0.253. The van der Waals surface area contributed by atoms with Gasteiger partial charge in [-0.3, -0.25) is 0 Å². The molecule has 1 aromatic carbocycles. The average molecular weight is 239 g/mol. The van der Waals surface area contributed by atoms with Crippen LogP contribution in [0.1, 0.15) is 25.3 Å². The van der Waals surface area contributed by atoms with Crippen LogP contribution in [0.3, 0.4) is 0 Å². The largest absolute Gasteiger partial charge is 0.383 e. The highest BCUT2D eigenvalue weighted by Crippen LogP contribution is 2.27. The summed E-state index contributed by atoms with van der Waals surface area (Å²) >= 11 is 5.73. The van der Waals surface area contributed by atoms with Gasteiger partial charge < -0.3 is 5.73 Å². The molecule has 0 radical (unpaired) electrons. The number of nitrogen functional groups attached to an aromatic ring is 1. The molecule has 16 heavy (non-hydrogen) atoms. The van der Waals surface area contributed by atoms with Crippen molar-refractivity contribution in [2.45, 2.75) is 19.8 Å². The molecule has 2 N–H and O–H groups in total. The number of nitrogens with two attached hydrogens (primary N) is 1. The van der Waals surface area contributed by atoms with Crippen LogP contribution >= 0.6 is 11.6 Å². The second kappa shape index (κ2) is 3.91. The van der Waals surface area contributed by atoms with E-state index in [2.05, 4.69) is 4.98 Å². The Hall–Kier alpha value is -1.35. The van der Waals surface area contributed by atoms with Crippen molar-refractivity contribution in [2.75, 3.05) is 5.73 Å². The van der Waals surface area contributed by atoms with Crippen LogP contribution in [0.15, 0.2) is 18.2 Å². The Kier molecular flexibility index (Phi) is 2.72. The summed E-state index contributed by atoms with van der Waals surface area (Å²) in [5.41, 5.74) is 7.29. The van der Waals surface area contributed by atoms with Gasteiger partial charge in [0.25, 0.3) is 0 Å². The molecule has 4 heteroatoms. The zero-order valence-electron chi connectivity index (χ0n) is 9.09. The van der Waals surface area contributed by atoms with E-state index in [0.717, 1.165) is 10.9 Å². The summed E-state index contributed by atoms with van der Waals surface area (Å²) < 4.78 is 13.2. The molecule has 2 nitrogen and oxygen atoms in total. The van der Waals surface area contributed by atoms with Gasteiger partial charge in [0.15, 0.2) is 0 Å². The van der Waals surface area contributed by atoms with Crippen molar-refractivity contribution in [3.05, 3.63) is 34.6 Å². The van der Waals surface area contributed by atoms with E-state index in [1.54, 1.807) is 6.07 Å².